The Kier molecular flexibility index (Phi) is 1.61. The molecule has 0 fully saturated rings. The van der Waals surface area contributed by atoms with Crippen molar-refractivity contribution in [2.45, 2.75) is 6.92 Å². The molecule has 2 heterocycles. The Bertz CT molecular complexity index is 817. The number of aromatic nitrogens is 3. The van der Waals surface area contributed by atoms with Crippen LogP contribution in [0.1, 0.15) is 21.6 Å². The van der Waals surface area contributed by atoms with Crippen molar-refractivity contribution in [1.29, 1.82) is 0 Å². The van der Waals surface area contributed by atoms with Gasteiger partial charge in [0.15, 0.2) is 11.4 Å². The Balaban J connectivity index is 2.22. The maximum atomic E-state index is 12.3. The number of nitrogens with zero attached hydrogens (tertiary/aromatic N) is 3. The summed E-state index contributed by atoms with van der Waals surface area (Å²) in [7, 11) is 0. The molecule has 0 atom stereocenters. The van der Waals surface area contributed by atoms with Crippen LogP contribution in [0.4, 0.5) is 0 Å². The van der Waals surface area contributed by atoms with Gasteiger partial charge in [-0.3, -0.25) is 4.79 Å². The molecule has 3 aromatic rings. The minimum absolute atomic E-state index is 0.0307. The van der Waals surface area contributed by atoms with E-state index in [1.807, 2.05) is 37.3 Å². The molecule has 0 saturated carbocycles. The second-order valence-electron chi connectivity index (χ2n) is 4.45. The van der Waals surface area contributed by atoms with E-state index in [4.69, 9.17) is 0 Å². The minimum atomic E-state index is 0.0307. The molecule has 0 amide bonds. The summed E-state index contributed by atoms with van der Waals surface area (Å²) in [6.45, 7) is 1.92. The molecule has 0 N–H and O–H groups in total. The van der Waals surface area contributed by atoms with E-state index in [0.29, 0.717) is 5.56 Å². The fourth-order valence-electron chi connectivity index (χ4n) is 2.51. The first-order chi connectivity index (χ1) is 8.75. The predicted molar refractivity (Wildman–Crippen MR) is 66.6 cm³/mol. The maximum absolute atomic E-state index is 12.3. The van der Waals surface area contributed by atoms with Crippen molar-refractivity contribution in [3.05, 3.63) is 53.3 Å². The standard InChI is InChI=1S/C14H9N3O/c1-8-6-12-15-7-11-13(17(12)16-8)9-4-2-3-5-10(9)14(11)18/h2-7H,1H3. The van der Waals surface area contributed by atoms with E-state index in [2.05, 4.69) is 10.1 Å². The van der Waals surface area contributed by atoms with Crippen molar-refractivity contribution >= 4 is 11.4 Å². The normalized spacial score (nSPS) is 12.8. The van der Waals surface area contributed by atoms with E-state index in [9.17, 15) is 4.79 Å². The van der Waals surface area contributed by atoms with Crippen LogP contribution in [0.5, 0.6) is 0 Å². The zero-order valence-electron chi connectivity index (χ0n) is 9.71. The number of ketones is 1. The van der Waals surface area contributed by atoms with Crippen molar-refractivity contribution in [2.24, 2.45) is 0 Å². The quantitative estimate of drug-likeness (QED) is 0.469. The van der Waals surface area contributed by atoms with Gasteiger partial charge in [0.05, 0.1) is 17.0 Å². The van der Waals surface area contributed by atoms with Crippen molar-refractivity contribution in [3.63, 3.8) is 0 Å². The molecule has 1 aliphatic rings. The number of carbonyl (C=O) groups excluding carboxylic acids is 1. The molecule has 0 spiro atoms. The topological polar surface area (TPSA) is 47.3 Å². The van der Waals surface area contributed by atoms with Gasteiger partial charge in [0.1, 0.15) is 0 Å². The molecular formula is C14H9N3O. The Morgan fingerprint density at radius 1 is 1.11 bits per heavy atom. The van der Waals surface area contributed by atoms with Gasteiger partial charge in [0, 0.05) is 23.4 Å². The van der Waals surface area contributed by atoms with E-state index < -0.39 is 0 Å². The molecule has 0 aliphatic heterocycles. The number of hydrogen-bond acceptors (Lipinski definition) is 3. The molecule has 4 nitrogen and oxygen atoms in total. The highest BCUT2D eigenvalue weighted by Crippen LogP contribution is 2.35. The van der Waals surface area contributed by atoms with Crippen LogP contribution >= 0.6 is 0 Å². The lowest BCUT2D eigenvalue weighted by Crippen LogP contribution is -2.00. The van der Waals surface area contributed by atoms with Crippen molar-refractivity contribution < 1.29 is 4.79 Å². The number of hydrogen-bond donors (Lipinski definition) is 0. The number of rotatable bonds is 0. The van der Waals surface area contributed by atoms with Crippen LogP contribution in [0.15, 0.2) is 36.5 Å². The fourth-order valence-corrected chi connectivity index (χ4v) is 2.51. The number of fused-ring (bicyclic) bond motifs is 5. The highest BCUT2D eigenvalue weighted by molar-refractivity contribution is 6.21. The van der Waals surface area contributed by atoms with Gasteiger partial charge in [-0.05, 0) is 6.92 Å². The van der Waals surface area contributed by atoms with Gasteiger partial charge in [-0.15, -0.1) is 0 Å². The summed E-state index contributed by atoms with van der Waals surface area (Å²) < 4.78 is 1.76. The van der Waals surface area contributed by atoms with Crippen molar-refractivity contribution in [1.82, 2.24) is 14.6 Å². The second kappa shape index (κ2) is 3.04. The first-order valence-corrected chi connectivity index (χ1v) is 5.75. The van der Waals surface area contributed by atoms with Crippen LogP contribution in [-0.2, 0) is 0 Å². The highest BCUT2D eigenvalue weighted by Gasteiger charge is 2.29. The van der Waals surface area contributed by atoms with Gasteiger partial charge in [0.2, 0.25) is 0 Å². The van der Waals surface area contributed by atoms with E-state index >= 15 is 0 Å². The predicted octanol–water partition coefficient (Wildman–Crippen LogP) is 2.25. The number of benzene rings is 1. The summed E-state index contributed by atoms with van der Waals surface area (Å²) in [4.78, 5) is 16.5. The molecule has 0 radical (unpaired) electrons. The zero-order valence-corrected chi connectivity index (χ0v) is 9.71. The first kappa shape index (κ1) is 9.53. The fraction of sp³-hybridized carbons (Fsp3) is 0.0714. The third-order valence-electron chi connectivity index (χ3n) is 3.28. The maximum Gasteiger partial charge on any atom is 0.197 e. The Morgan fingerprint density at radius 2 is 1.89 bits per heavy atom. The average molecular weight is 235 g/mol. The summed E-state index contributed by atoms with van der Waals surface area (Å²) in [5.41, 5.74) is 4.83. The molecule has 4 rings (SSSR count). The first-order valence-electron chi connectivity index (χ1n) is 5.75. The lowest BCUT2D eigenvalue weighted by Gasteiger charge is -2.02. The summed E-state index contributed by atoms with van der Waals surface area (Å²) in [6, 6.07) is 9.52. The van der Waals surface area contributed by atoms with Crippen LogP contribution in [0.2, 0.25) is 0 Å². The van der Waals surface area contributed by atoms with Gasteiger partial charge in [0.25, 0.3) is 0 Å². The van der Waals surface area contributed by atoms with Crippen LogP contribution in [0.3, 0.4) is 0 Å². The molecule has 4 heteroatoms. The van der Waals surface area contributed by atoms with E-state index in [0.717, 1.165) is 28.2 Å². The SMILES string of the molecule is Cc1cc2ncc3c(n2n1)-c1ccccc1C3=O. The van der Waals surface area contributed by atoms with Gasteiger partial charge < -0.3 is 0 Å². The molecule has 2 aromatic heterocycles. The summed E-state index contributed by atoms with van der Waals surface area (Å²) in [5, 5.41) is 4.42. The number of aryl methyl sites for hydroxylation is 1. The lowest BCUT2D eigenvalue weighted by molar-refractivity contribution is 0.104. The monoisotopic (exact) mass is 235 g/mol. The zero-order chi connectivity index (χ0) is 12.3. The molecule has 1 aromatic carbocycles. The minimum Gasteiger partial charge on any atom is -0.288 e. The molecular weight excluding hydrogens is 226 g/mol. The van der Waals surface area contributed by atoms with Gasteiger partial charge in [-0.2, -0.15) is 5.10 Å². The van der Waals surface area contributed by atoms with Crippen LogP contribution < -0.4 is 0 Å². The van der Waals surface area contributed by atoms with E-state index in [1.165, 1.54) is 0 Å². The molecule has 0 unspecified atom stereocenters. The molecule has 86 valence electrons. The Hall–Kier alpha value is -2.49. The van der Waals surface area contributed by atoms with E-state index in [-0.39, 0.29) is 5.78 Å². The van der Waals surface area contributed by atoms with Gasteiger partial charge in [-0.1, -0.05) is 24.3 Å². The Morgan fingerprint density at radius 3 is 2.72 bits per heavy atom. The largest absolute Gasteiger partial charge is 0.288 e. The van der Waals surface area contributed by atoms with Crippen molar-refractivity contribution in [3.8, 4) is 11.3 Å². The van der Waals surface area contributed by atoms with Crippen LogP contribution in [0.25, 0.3) is 16.9 Å². The summed E-state index contributed by atoms with van der Waals surface area (Å²) in [5.74, 6) is 0.0307. The summed E-state index contributed by atoms with van der Waals surface area (Å²) in [6.07, 6.45) is 1.65. The average Bonchev–Trinajstić information content (AvgIpc) is 2.88. The highest BCUT2D eigenvalue weighted by atomic mass is 16.1. The molecule has 1 aliphatic carbocycles. The smallest absolute Gasteiger partial charge is 0.197 e. The van der Waals surface area contributed by atoms with E-state index in [1.54, 1.807) is 10.7 Å². The second-order valence-corrected chi connectivity index (χ2v) is 4.45. The van der Waals surface area contributed by atoms with Crippen LogP contribution in [-0.4, -0.2) is 20.4 Å². The molecule has 0 saturated heterocycles. The third-order valence-corrected chi connectivity index (χ3v) is 3.28. The molecule has 0 bridgehead atoms. The van der Waals surface area contributed by atoms with Gasteiger partial charge >= 0.3 is 0 Å². The molecule has 18 heavy (non-hydrogen) atoms. The summed E-state index contributed by atoms with van der Waals surface area (Å²) >= 11 is 0. The number of carbonyl (C=O) groups is 1. The third kappa shape index (κ3) is 1.02. The van der Waals surface area contributed by atoms with Crippen LogP contribution in [0, 0.1) is 6.92 Å². The van der Waals surface area contributed by atoms with Crippen molar-refractivity contribution in [2.75, 3.05) is 0 Å². The van der Waals surface area contributed by atoms with Gasteiger partial charge in [-0.25, -0.2) is 9.50 Å². The lowest BCUT2D eigenvalue weighted by atomic mass is 10.1. The Labute approximate surface area is 103 Å².